The predicted molar refractivity (Wildman–Crippen MR) is 225 cm³/mol. The summed E-state index contributed by atoms with van der Waals surface area (Å²) in [6, 6.07) is 50.2. The van der Waals surface area contributed by atoms with Gasteiger partial charge in [0, 0.05) is 73.6 Å². The van der Waals surface area contributed by atoms with Crippen LogP contribution in [0.15, 0.2) is 170 Å². The number of nitrogens with zero attached hydrogens (tertiary/aromatic N) is 8. The Morgan fingerprint density at radius 1 is 0.321 bits per heavy atom. The van der Waals surface area contributed by atoms with E-state index in [0.29, 0.717) is 11.6 Å². The Morgan fingerprint density at radius 3 is 1.11 bits per heavy atom. The zero-order valence-electron chi connectivity index (χ0n) is 29.7. The lowest BCUT2D eigenvalue weighted by Gasteiger charge is -2.13. The molecule has 0 aliphatic heterocycles. The van der Waals surface area contributed by atoms with Crippen molar-refractivity contribution in [3.05, 3.63) is 170 Å². The number of aromatic nitrogens is 8. The molecular formula is C48H28N8. The summed E-state index contributed by atoms with van der Waals surface area (Å²) >= 11 is 0. The summed E-state index contributed by atoms with van der Waals surface area (Å²) in [6.07, 6.45) is 7.36. The van der Waals surface area contributed by atoms with E-state index < -0.39 is 0 Å². The first kappa shape index (κ1) is 30.6. The summed E-state index contributed by atoms with van der Waals surface area (Å²) < 4.78 is 4.43. The number of pyridine rings is 2. The van der Waals surface area contributed by atoms with Crippen LogP contribution in [0.1, 0.15) is 0 Å². The van der Waals surface area contributed by atoms with Crippen LogP contribution in [0.3, 0.4) is 0 Å². The number of rotatable bonds is 4. The monoisotopic (exact) mass is 716 g/mol. The maximum atomic E-state index is 5.19. The number of fused-ring (bicyclic) bond motifs is 11. The average Bonchev–Trinajstić information content (AvgIpc) is 3.79. The number of hydrogen-bond donors (Lipinski definition) is 0. The van der Waals surface area contributed by atoms with Gasteiger partial charge in [-0.1, -0.05) is 97.1 Å². The SMILES string of the molecule is c1ccc2c(c1)c1ccccc1n2-c1ccnc(-c2ccnc3c2ccc2ccc4c(-c5nccc(-n6c7ccccc7c7ccccc76)n5)ccnc4c23)n1. The van der Waals surface area contributed by atoms with Crippen LogP contribution in [0.4, 0.5) is 0 Å². The van der Waals surface area contributed by atoms with Crippen LogP contribution in [0.2, 0.25) is 0 Å². The highest BCUT2D eigenvalue weighted by Crippen LogP contribution is 2.38. The topological polar surface area (TPSA) is 87.2 Å². The average molecular weight is 717 g/mol. The van der Waals surface area contributed by atoms with Crippen LogP contribution in [0.5, 0.6) is 0 Å². The molecule has 0 spiro atoms. The van der Waals surface area contributed by atoms with Crippen molar-refractivity contribution < 1.29 is 0 Å². The van der Waals surface area contributed by atoms with E-state index in [1.54, 1.807) is 0 Å². The van der Waals surface area contributed by atoms with Gasteiger partial charge in [-0.2, -0.15) is 0 Å². The summed E-state index contributed by atoms with van der Waals surface area (Å²) in [7, 11) is 0. The molecule has 6 aromatic heterocycles. The standard InChI is InChI=1S/C48H28N8/c1-5-13-38-30(9-1)31-10-2-6-14-39(31)55(38)42-23-27-51-47(53-42)36-21-25-49-45-34(36)19-17-29-18-20-35-37(22-26-50-46(35)44(29)45)48-52-28-24-43(54-48)56-40-15-7-3-11-32(40)33-12-4-8-16-41(33)56/h1-28H. The van der Waals surface area contributed by atoms with Gasteiger partial charge >= 0.3 is 0 Å². The molecule has 6 aromatic carbocycles. The van der Waals surface area contributed by atoms with E-state index >= 15 is 0 Å². The highest BCUT2D eigenvalue weighted by atomic mass is 15.1. The molecule has 6 heterocycles. The van der Waals surface area contributed by atoms with E-state index in [0.717, 1.165) is 77.4 Å². The Morgan fingerprint density at radius 2 is 0.696 bits per heavy atom. The first-order chi connectivity index (χ1) is 27.8. The Bertz CT molecular complexity index is 3230. The molecule has 0 saturated heterocycles. The molecule has 0 N–H and O–H groups in total. The lowest BCUT2D eigenvalue weighted by atomic mass is 9.98. The maximum Gasteiger partial charge on any atom is 0.162 e. The fourth-order valence-corrected chi connectivity index (χ4v) is 8.57. The van der Waals surface area contributed by atoms with Gasteiger partial charge in [0.25, 0.3) is 0 Å². The Hall–Kier alpha value is -7.84. The molecule has 0 saturated carbocycles. The Balaban J connectivity index is 1.03. The highest BCUT2D eigenvalue weighted by Gasteiger charge is 2.19. The van der Waals surface area contributed by atoms with Crippen LogP contribution in [0, 0.1) is 0 Å². The lowest BCUT2D eigenvalue weighted by Crippen LogP contribution is -2.01. The Labute approximate surface area is 319 Å². The normalized spacial score (nSPS) is 11.9. The smallest absolute Gasteiger partial charge is 0.162 e. The number of benzene rings is 6. The van der Waals surface area contributed by atoms with Crippen molar-refractivity contribution in [1.29, 1.82) is 0 Å². The highest BCUT2D eigenvalue weighted by molar-refractivity contribution is 6.21. The summed E-state index contributed by atoms with van der Waals surface area (Å²) in [5, 5.41) is 8.64. The maximum absolute atomic E-state index is 5.19. The molecule has 260 valence electrons. The van der Waals surface area contributed by atoms with E-state index in [1.165, 1.54) is 21.5 Å². The minimum absolute atomic E-state index is 0.625. The summed E-state index contributed by atoms with van der Waals surface area (Å²) in [5.41, 5.74) is 7.86. The molecule has 0 amide bonds. The summed E-state index contributed by atoms with van der Waals surface area (Å²) in [6.45, 7) is 0. The minimum Gasteiger partial charge on any atom is -0.294 e. The van der Waals surface area contributed by atoms with E-state index in [-0.39, 0.29) is 0 Å². The Kier molecular flexibility index (Phi) is 6.47. The van der Waals surface area contributed by atoms with Crippen LogP contribution >= 0.6 is 0 Å². The molecule has 0 unspecified atom stereocenters. The van der Waals surface area contributed by atoms with Crippen molar-refractivity contribution in [3.63, 3.8) is 0 Å². The quantitative estimate of drug-likeness (QED) is 0.169. The van der Waals surface area contributed by atoms with Crippen molar-refractivity contribution in [2.24, 2.45) is 0 Å². The van der Waals surface area contributed by atoms with Gasteiger partial charge in [-0.15, -0.1) is 0 Å². The molecule has 0 aliphatic rings. The lowest BCUT2D eigenvalue weighted by molar-refractivity contribution is 1.04. The van der Waals surface area contributed by atoms with Crippen molar-refractivity contribution in [2.75, 3.05) is 0 Å². The van der Waals surface area contributed by atoms with Crippen LogP contribution in [0.25, 0.3) is 111 Å². The molecule has 0 bridgehead atoms. The van der Waals surface area contributed by atoms with Gasteiger partial charge in [0.15, 0.2) is 11.6 Å². The van der Waals surface area contributed by atoms with E-state index in [1.807, 2.05) is 49.1 Å². The number of hydrogen-bond acceptors (Lipinski definition) is 6. The fraction of sp³-hybridized carbons (Fsp3) is 0. The van der Waals surface area contributed by atoms with Gasteiger partial charge in [-0.3, -0.25) is 19.1 Å². The fourth-order valence-electron chi connectivity index (χ4n) is 8.57. The molecular weight excluding hydrogens is 689 g/mol. The number of para-hydroxylation sites is 4. The first-order valence-electron chi connectivity index (χ1n) is 18.5. The zero-order valence-corrected chi connectivity index (χ0v) is 29.7. The summed E-state index contributed by atoms with van der Waals surface area (Å²) in [5.74, 6) is 2.86. The van der Waals surface area contributed by atoms with E-state index in [9.17, 15) is 0 Å². The van der Waals surface area contributed by atoms with Crippen LogP contribution in [-0.4, -0.2) is 39.0 Å². The minimum atomic E-state index is 0.625. The predicted octanol–water partition coefficient (Wildman–Crippen LogP) is 11.0. The molecule has 8 nitrogen and oxygen atoms in total. The van der Waals surface area contributed by atoms with E-state index in [4.69, 9.17) is 29.9 Å². The van der Waals surface area contributed by atoms with E-state index in [2.05, 4.69) is 130 Å². The first-order valence-corrected chi connectivity index (χ1v) is 18.5. The van der Waals surface area contributed by atoms with Crippen molar-refractivity contribution in [1.82, 2.24) is 39.0 Å². The van der Waals surface area contributed by atoms with Gasteiger partial charge in [-0.05, 0) is 53.9 Å². The second-order valence-corrected chi connectivity index (χ2v) is 14.0. The van der Waals surface area contributed by atoms with Gasteiger partial charge in [0.05, 0.1) is 33.1 Å². The second-order valence-electron chi connectivity index (χ2n) is 14.0. The molecule has 12 aromatic rings. The molecule has 0 fully saturated rings. The second kappa shape index (κ2) is 11.8. The van der Waals surface area contributed by atoms with Gasteiger partial charge in [-0.25, -0.2) is 19.9 Å². The molecule has 0 aliphatic carbocycles. The molecule has 56 heavy (non-hydrogen) atoms. The molecule has 12 rings (SSSR count). The third kappa shape index (κ3) is 4.41. The largest absolute Gasteiger partial charge is 0.294 e. The van der Waals surface area contributed by atoms with Crippen molar-refractivity contribution >= 4 is 76.2 Å². The molecule has 0 atom stereocenters. The zero-order chi connectivity index (χ0) is 36.7. The van der Waals surface area contributed by atoms with Gasteiger partial charge < -0.3 is 0 Å². The summed E-state index contributed by atoms with van der Waals surface area (Å²) in [4.78, 5) is 29.9. The third-order valence-electron chi connectivity index (χ3n) is 11.0. The van der Waals surface area contributed by atoms with Gasteiger partial charge in [0.1, 0.15) is 11.6 Å². The van der Waals surface area contributed by atoms with Crippen LogP contribution < -0.4 is 0 Å². The van der Waals surface area contributed by atoms with Crippen LogP contribution in [-0.2, 0) is 0 Å². The van der Waals surface area contributed by atoms with Gasteiger partial charge in [0.2, 0.25) is 0 Å². The molecule has 0 radical (unpaired) electrons. The van der Waals surface area contributed by atoms with Crippen molar-refractivity contribution in [3.8, 4) is 34.4 Å². The third-order valence-corrected chi connectivity index (χ3v) is 11.0. The molecule has 8 heteroatoms. The van der Waals surface area contributed by atoms with Crippen molar-refractivity contribution in [2.45, 2.75) is 0 Å².